The zero-order valence-corrected chi connectivity index (χ0v) is 12.1. The van der Waals surface area contributed by atoms with Crippen LogP contribution in [0.15, 0.2) is 24.3 Å². The molecule has 0 saturated carbocycles. The molecule has 102 valence electrons. The largest absolute Gasteiger partial charge is 0.491 e. The molecule has 0 aliphatic carbocycles. The lowest BCUT2D eigenvalue weighted by atomic mass is 10.1. The van der Waals surface area contributed by atoms with Gasteiger partial charge in [0.05, 0.1) is 12.7 Å². The molecule has 3 nitrogen and oxygen atoms in total. The summed E-state index contributed by atoms with van der Waals surface area (Å²) in [6, 6.07) is 8.20. The lowest BCUT2D eigenvalue weighted by Crippen LogP contribution is -2.42. The molecule has 1 aromatic carbocycles. The van der Waals surface area contributed by atoms with Crippen molar-refractivity contribution < 1.29 is 9.47 Å². The van der Waals surface area contributed by atoms with Gasteiger partial charge in [-0.1, -0.05) is 12.1 Å². The van der Waals surface area contributed by atoms with E-state index in [1.54, 1.807) is 7.11 Å². The minimum Gasteiger partial charge on any atom is -0.491 e. The summed E-state index contributed by atoms with van der Waals surface area (Å²) in [5.74, 6) is 0.925. The standard InChI is InChI=1S/C15H25NO2/c1-12(2)18-14-8-6-7-13(9-14)10-16-15(3,4)11-17-5/h6-9,12,16H,10-11H2,1-5H3. The SMILES string of the molecule is COCC(C)(C)NCc1cccc(OC(C)C)c1. The topological polar surface area (TPSA) is 30.5 Å². The first-order chi connectivity index (χ1) is 8.43. The highest BCUT2D eigenvalue weighted by Crippen LogP contribution is 2.15. The quantitative estimate of drug-likeness (QED) is 0.808. The van der Waals surface area contributed by atoms with Crippen molar-refractivity contribution in [2.45, 2.75) is 45.9 Å². The van der Waals surface area contributed by atoms with Crippen LogP contribution in [-0.4, -0.2) is 25.4 Å². The van der Waals surface area contributed by atoms with Crippen LogP contribution in [0.1, 0.15) is 33.3 Å². The number of benzene rings is 1. The normalized spacial score (nSPS) is 11.9. The van der Waals surface area contributed by atoms with Crippen LogP contribution in [-0.2, 0) is 11.3 Å². The summed E-state index contributed by atoms with van der Waals surface area (Å²) in [6.45, 7) is 9.83. The van der Waals surface area contributed by atoms with Crippen LogP contribution in [0.5, 0.6) is 5.75 Å². The van der Waals surface area contributed by atoms with Gasteiger partial charge in [-0.25, -0.2) is 0 Å². The first-order valence-electron chi connectivity index (χ1n) is 6.42. The Morgan fingerprint density at radius 3 is 2.61 bits per heavy atom. The molecule has 0 aromatic heterocycles. The Kier molecular flexibility index (Phi) is 5.63. The summed E-state index contributed by atoms with van der Waals surface area (Å²) in [6.07, 6.45) is 0.207. The minimum atomic E-state index is -0.0241. The van der Waals surface area contributed by atoms with Gasteiger partial charge in [-0.2, -0.15) is 0 Å². The molecule has 0 radical (unpaired) electrons. The summed E-state index contributed by atoms with van der Waals surface area (Å²) >= 11 is 0. The summed E-state index contributed by atoms with van der Waals surface area (Å²) < 4.78 is 10.9. The molecule has 0 aliphatic rings. The number of ether oxygens (including phenoxy) is 2. The molecular weight excluding hydrogens is 226 g/mol. The maximum Gasteiger partial charge on any atom is 0.120 e. The van der Waals surface area contributed by atoms with Crippen LogP contribution in [0.3, 0.4) is 0 Å². The first-order valence-corrected chi connectivity index (χ1v) is 6.42. The smallest absolute Gasteiger partial charge is 0.120 e. The van der Waals surface area contributed by atoms with Crippen LogP contribution in [0.25, 0.3) is 0 Å². The third-order valence-corrected chi connectivity index (χ3v) is 2.55. The van der Waals surface area contributed by atoms with Crippen molar-refractivity contribution in [1.82, 2.24) is 5.32 Å². The maximum atomic E-state index is 5.68. The van der Waals surface area contributed by atoms with Crippen molar-refractivity contribution in [1.29, 1.82) is 0 Å². The Bertz CT molecular complexity index is 361. The van der Waals surface area contributed by atoms with Gasteiger partial charge in [-0.05, 0) is 45.4 Å². The number of nitrogens with one attached hydrogen (secondary N) is 1. The lowest BCUT2D eigenvalue weighted by Gasteiger charge is -2.25. The van der Waals surface area contributed by atoms with E-state index in [-0.39, 0.29) is 11.6 Å². The van der Waals surface area contributed by atoms with E-state index < -0.39 is 0 Å². The Morgan fingerprint density at radius 2 is 2.00 bits per heavy atom. The van der Waals surface area contributed by atoms with Gasteiger partial charge in [0.1, 0.15) is 5.75 Å². The molecule has 0 saturated heterocycles. The first kappa shape index (κ1) is 15.0. The van der Waals surface area contributed by atoms with Crippen molar-refractivity contribution in [2.75, 3.05) is 13.7 Å². The fourth-order valence-electron chi connectivity index (χ4n) is 1.75. The van der Waals surface area contributed by atoms with E-state index >= 15 is 0 Å². The Balaban J connectivity index is 2.57. The highest BCUT2D eigenvalue weighted by atomic mass is 16.5. The second-order valence-electron chi connectivity index (χ2n) is 5.48. The fraction of sp³-hybridized carbons (Fsp3) is 0.600. The fourth-order valence-corrected chi connectivity index (χ4v) is 1.75. The second kappa shape index (κ2) is 6.76. The van der Waals surface area contributed by atoms with Gasteiger partial charge in [0.2, 0.25) is 0 Å². The average molecular weight is 251 g/mol. The third-order valence-electron chi connectivity index (χ3n) is 2.55. The summed E-state index contributed by atoms with van der Waals surface area (Å²) in [5, 5.41) is 3.48. The van der Waals surface area contributed by atoms with E-state index in [1.807, 2.05) is 26.0 Å². The Labute approximate surface area is 110 Å². The maximum absolute atomic E-state index is 5.68. The van der Waals surface area contributed by atoms with Crippen molar-refractivity contribution >= 4 is 0 Å². The number of hydrogen-bond acceptors (Lipinski definition) is 3. The lowest BCUT2D eigenvalue weighted by molar-refractivity contribution is 0.127. The van der Waals surface area contributed by atoms with E-state index in [1.165, 1.54) is 5.56 Å². The molecule has 0 aliphatic heterocycles. The van der Waals surface area contributed by atoms with Gasteiger partial charge in [-0.3, -0.25) is 0 Å². The van der Waals surface area contributed by atoms with Crippen LogP contribution >= 0.6 is 0 Å². The van der Waals surface area contributed by atoms with E-state index in [2.05, 4.69) is 31.3 Å². The highest BCUT2D eigenvalue weighted by Gasteiger charge is 2.16. The van der Waals surface area contributed by atoms with Crippen molar-refractivity contribution in [3.05, 3.63) is 29.8 Å². The van der Waals surface area contributed by atoms with Crippen LogP contribution < -0.4 is 10.1 Å². The molecule has 1 rings (SSSR count). The molecule has 0 bridgehead atoms. The molecule has 0 atom stereocenters. The van der Waals surface area contributed by atoms with Crippen molar-refractivity contribution in [2.24, 2.45) is 0 Å². The predicted octanol–water partition coefficient (Wildman–Crippen LogP) is 2.99. The third kappa shape index (κ3) is 5.52. The zero-order valence-electron chi connectivity index (χ0n) is 12.1. The molecule has 0 fully saturated rings. The molecule has 18 heavy (non-hydrogen) atoms. The molecule has 0 spiro atoms. The molecule has 3 heteroatoms. The number of methoxy groups -OCH3 is 1. The minimum absolute atomic E-state index is 0.0241. The summed E-state index contributed by atoms with van der Waals surface area (Å²) in [7, 11) is 1.72. The summed E-state index contributed by atoms with van der Waals surface area (Å²) in [5.41, 5.74) is 1.20. The van der Waals surface area contributed by atoms with Gasteiger partial charge in [0.15, 0.2) is 0 Å². The van der Waals surface area contributed by atoms with E-state index in [0.29, 0.717) is 6.61 Å². The Morgan fingerprint density at radius 1 is 1.28 bits per heavy atom. The van der Waals surface area contributed by atoms with E-state index in [9.17, 15) is 0 Å². The van der Waals surface area contributed by atoms with Crippen LogP contribution in [0.4, 0.5) is 0 Å². The van der Waals surface area contributed by atoms with Gasteiger partial charge in [0, 0.05) is 19.2 Å². The second-order valence-corrected chi connectivity index (χ2v) is 5.48. The molecule has 1 N–H and O–H groups in total. The predicted molar refractivity (Wildman–Crippen MR) is 75.0 cm³/mol. The van der Waals surface area contributed by atoms with E-state index in [4.69, 9.17) is 9.47 Å². The Hall–Kier alpha value is -1.06. The molecular formula is C15H25NO2. The van der Waals surface area contributed by atoms with Crippen molar-refractivity contribution in [3.8, 4) is 5.75 Å². The van der Waals surface area contributed by atoms with Crippen LogP contribution in [0.2, 0.25) is 0 Å². The van der Waals surface area contributed by atoms with Crippen LogP contribution in [0, 0.1) is 0 Å². The summed E-state index contributed by atoms with van der Waals surface area (Å²) in [4.78, 5) is 0. The van der Waals surface area contributed by atoms with Gasteiger partial charge in [-0.15, -0.1) is 0 Å². The van der Waals surface area contributed by atoms with Crippen molar-refractivity contribution in [3.63, 3.8) is 0 Å². The molecule has 1 aromatic rings. The van der Waals surface area contributed by atoms with Gasteiger partial charge in [0.25, 0.3) is 0 Å². The zero-order chi connectivity index (χ0) is 13.6. The average Bonchev–Trinajstić information content (AvgIpc) is 2.26. The van der Waals surface area contributed by atoms with Gasteiger partial charge < -0.3 is 14.8 Å². The number of hydrogen-bond donors (Lipinski definition) is 1. The molecule has 0 amide bonds. The van der Waals surface area contributed by atoms with Gasteiger partial charge >= 0.3 is 0 Å². The monoisotopic (exact) mass is 251 g/mol. The highest BCUT2D eigenvalue weighted by molar-refractivity contribution is 5.28. The molecule has 0 unspecified atom stereocenters. The molecule has 0 heterocycles. The number of rotatable bonds is 7. The van der Waals surface area contributed by atoms with E-state index in [0.717, 1.165) is 12.3 Å².